The Balaban J connectivity index is 1.57. The van der Waals surface area contributed by atoms with Crippen molar-refractivity contribution in [2.24, 2.45) is 0 Å². The van der Waals surface area contributed by atoms with Gasteiger partial charge >= 0.3 is 0 Å². The van der Waals surface area contributed by atoms with E-state index in [1.165, 1.54) is 16.0 Å². The number of hydrogen-bond acceptors (Lipinski definition) is 6. The summed E-state index contributed by atoms with van der Waals surface area (Å²) in [6.07, 6.45) is 0. The molecule has 30 heavy (non-hydrogen) atoms. The first kappa shape index (κ1) is 20.4. The highest BCUT2D eigenvalue weighted by molar-refractivity contribution is 7.12. The summed E-state index contributed by atoms with van der Waals surface area (Å²) in [7, 11) is 0. The average Bonchev–Trinajstić information content (AvgIpc) is 3.42. The summed E-state index contributed by atoms with van der Waals surface area (Å²) in [6.45, 7) is 0.834. The molecule has 0 saturated carbocycles. The standard InChI is InChI=1S/C21H17Cl2N5OS/c22-16-8-3-1-6-14(16)12-24-20-26-21(25-13-15-7-2-4-9-17(15)23)28(27-20)19(29)18-10-5-11-30-18/h1-11H,12-13H2,(H2,24,25,26,27). The van der Waals surface area contributed by atoms with Crippen LogP contribution in [0, 0.1) is 0 Å². The maximum atomic E-state index is 12.9. The number of hydrogen-bond donors (Lipinski definition) is 2. The molecule has 0 radical (unpaired) electrons. The number of benzene rings is 2. The van der Waals surface area contributed by atoms with Crippen LogP contribution in [-0.2, 0) is 13.1 Å². The summed E-state index contributed by atoms with van der Waals surface area (Å²) >= 11 is 13.8. The molecule has 2 N–H and O–H groups in total. The van der Waals surface area contributed by atoms with E-state index in [2.05, 4.69) is 20.7 Å². The molecule has 0 atom stereocenters. The molecule has 152 valence electrons. The summed E-state index contributed by atoms with van der Waals surface area (Å²) in [5, 5.41) is 13.8. The summed E-state index contributed by atoms with van der Waals surface area (Å²) in [5.74, 6) is 0.390. The third-order valence-corrected chi connectivity index (χ3v) is 5.92. The summed E-state index contributed by atoms with van der Waals surface area (Å²) in [4.78, 5) is 17.9. The monoisotopic (exact) mass is 457 g/mol. The number of aromatic nitrogens is 3. The molecule has 2 aromatic carbocycles. The van der Waals surface area contributed by atoms with E-state index in [1.54, 1.807) is 6.07 Å². The van der Waals surface area contributed by atoms with Gasteiger partial charge in [-0.05, 0) is 34.7 Å². The van der Waals surface area contributed by atoms with Crippen molar-refractivity contribution in [3.8, 4) is 0 Å². The van der Waals surface area contributed by atoms with Crippen molar-refractivity contribution >= 4 is 52.3 Å². The quantitative estimate of drug-likeness (QED) is 0.380. The zero-order valence-electron chi connectivity index (χ0n) is 15.7. The molecular formula is C21H17Cl2N5OS. The van der Waals surface area contributed by atoms with Gasteiger partial charge < -0.3 is 10.6 Å². The van der Waals surface area contributed by atoms with Crippen molar-refractivity contribution < 1.29 is 4.79 Å². The fraction of sp³-hybridized carbons (Fsp3) is 0.0952. The largest absolute Gasteiger partial charge is 0.350 e. The lowest BCUT2D eigenvalue weighted by Crippen LogP contribution is -2.16. The molecule has 0 aliphatic rings. The minimum absolute atomic E-state index is 0.259. The second kappa shape index (κ2) is 9.30. The second-order valence-electron chi connectivity index (χ2n) is 6.34. The smallest absolute Gasteiger partial charge is 0.291 e. The highest BCUT2D eigenvalue weighted by Crippen LogP contribution is 2.20. The highest BCUT2D eigenvalue weighted by Gasteiger charge is 2.19. The van der Waals surface area contributed by atoms with Crippen LogP contribution in [0.3, 0.4) is 0 Å². The molecule has 0 amide bonds. The van der Waals surface area contributed by atoms with Crippen molar-refractivity contribution in [1.82, 2.24) is 14.8 Å². The molecule has 2 heterocycles. The van der Waals surface area contributed by atoms with Crippen LogP contribution in [0.15, 0.2) is 66.0 Å². The Kier molecular flexibility index (Phi) is 6.32. The normalized spacial score (nSPS) is 10.7. The van der Waals surface area contributed by atoms with Crippen molar-refractivity contribution in [2.45, 2.75) is 13.1 Å². The number of thiophene rings is 1. The first-order valence-electron chi connectivity index (χ1n) is 9.11. The zero-order chi connectivity index (χ0) is 20.9. The molecule has 0 aliphatic heterocycles. The molecule has 0 fully saturated rings. The number of nitrogens with zero attached hydrogens (tertiary/aromatic N) is 3. The summed E-state index contributed by atoms with van der Waals surface area (Å²) < 4.78 is 1.26. The van der Waals surface area contributed by atoms with Crippen LogP contribution >= 0.6 is 34.5 Å². The van der Waals surface area contributed by atoms with Gasteiger partial charge in [-0.2, -0.15) is 9.67 Å². The first-order chi connectivity index (χ1) is 14.6. The predicted octanol–water partition coefficient (Wildman–Crippen LogP) is 5.56. The van der Waals surface area contributed by atoms with Gasteiger partial charge in [0.25, 0.3) is 5.91 Å². The van der Waals surface area contributed by atoms with Crippen molar-refractivity contribution in [3.63, 3.8) is 0 Å². The lowest BCUT2D eigenvalue weighted by Gasteiger charge is -2.07. The molecule has 0 bridgehead atoms. The topological polar surface area (TPSA) is 71.8 Å². The number of nitrogens with one attached hydrogen (secondary N) is 2. The van der Waals surface area contributed by atoms with Crippen LogP contribution < -0.4 is 10.6 Å². The van der Waals surface area contributed by atoms with Crippen LogP contribution in [0.25, 0.3) is 0 Å². The molecule has 4 aromatic rings. The number of rotatable bonds is 7. The van der Waals surface area contributed by atoms with Crippen molar-refractivity contribution in [1.29, 1.82) is 0 Å². The zero-order valence-corrected chi connectivity index (χ0v) is 18.0. The van der Waals surface area contributed by atoms with E-state index >= 15 is 0 Å². The average molecular weight is 458 g/mol. The minimum atomic E-state index is -0.259. The lowest BCUT2D eigenvalue weighted by molar-refractivity contribution is 0.0951. The minimum Gasteiger partial charge on any atom is -0.350 e. The van der Waals surface area contributed by atoms with E-state index in [9.17, 15) is 4.79 Å². The highest BCUT2D eigenvalue weighted by atomic mass is 35.5. The molecule has 6 nitrogen and oxygen atoms in total. The Labute approximate surface area is 187 Å². The molecular weight excluding hydrogens is 441 g/mol. The molecule has 0 saturated heterocycles. The van der Waals surface area contributed by atoms with Gasteiger partial charge in [-0.25, -0.2) is 0 Å². The van der Waals surface area contributed by atoms with E-state index in [4.69, 9.17) is 23.2 Å². The maximum absolute atomic E-state index is 12.9. The van der Waals surface area contributed by atoms with Crippen molar-refractivity contribution in [3.05, 3.63) is 92.1 Å². The second-order valence-corrected chi connectivity index (χ2v) is 8.11. The van der Waals surface area contributed by atoms with Gasteiger partial charge in [0.05, 0.1) is 4.88 Å². The van der Waals surface area contributed by atoms with Crippen LogP contribution in [0.5, 0.6) is 0 Å². The van der Waals surface area contributed by atoms with E-state index in [-0.39, 0.29) is 5.91 Å². The third kappa shape index (κ3) is 4.64. The molecule has 4 rings (SSSR count). The molecule has 0 unspecified atom stereocenters. The van der Waals surface area contributed by atoms with Gasteiger partial charge in [-0.3, -0.25) is 4.79 Å². The van der Waals surface area contributed by atoms with E-state index < -0.39 is 0 Å². The third-order valence-electron chi connectivity index (χ3n) is 4.32. The Morgan fingerprint density at radius 1 is 0.900 bits per heavy atom. The molecule has 2 aromatic heterocycles. The Morgan fingerprint density at radius 2 is 1.53 bits per heavy atom. The van der Waals surface area contributed by atoms with Gasteiger partial charge in [0.2, 0.25) is 11.9 Å². The Bertz CT molecular complexity index is 1160. The van der Waals surface area contributed by atoms with E-state index in [0.29, 0.717) is 39.9 Å². The van der Waals surface area contributed by atoms with Gasteiger partial charge in [-0.15, -0.1) is 16.4 Å². The van der Waals surface area contributed by atoms with Gasteiger partial charge in [0.15, 0.2) is 0 Å². The number of carbonyl (C=O) groups is 1. The maximum Gasteiger partial charge on any atom is 0.291 e. The Morgan fingerprint density at radius 3 is 2.13 bits per heavy atom. The van der Waals surface area contributed by atoms with Gasteiger partial charge in [-0.1, -0.05) is 65.7 Å². The summed E-state index contributed by atoms with van der Waals surface area (Å²) in [6, 6.07) is 18.6. The Hall–Kier alpha value is -2.87. The lowest BCUT2D eigenvalue weighted by atomic mass is 10.2. The van der Waals surface area contributed by atoms with E-state index in [0.717, 1.165) is 11.1 Å². The van der Waals surface area contributed by atoms with Crippen molar-refractivity contribution in [2.75, 3.05) is 10.6 Å². The van der Waals surface area contributed by atoms with Gasteiger partial charge in [0.1, 0.15) is 0 Å². The van der Waals surface area contributed by atoms with Crippen LogP contribution in [0.1, 0.15) is 20.8 Å². The fourth-order valence-corrected chi connectivity index (χ4v) is 3.83. The number of carbonyl (C=O) groups excluding carboxylic acids is 1. The van der Waals surface area contributed by atoms with Crippen LogP contribution in [0.2, 0.25) is 10.0 Å². The summed E-state index contributed by atoms with van der Waals surface area (Å²) in [5.41, 5.74) is 1.80. The first-order valence-corrected chi connectivity index (χ1v) is 10.7. The fourth-order valence-electron chi connectivity index (χ4n) is 2.78. The van der Waals surface area contributed by atoms with Crippen LogP contribution in [-0.4, -0.2) is 20.7 Å². The molecule has 0 spiro atoms. The molecule has 0 aliphatic carbocycles. The number of halogens is 2. The predicted molar refractivity (Wildman–Crippen MR) is 122 cm³/mol. The van der Waals surface area contributed by atoms with E-state index in [1.807, 2.05) is 60.0 Å². The number of anilines is 2. The van der Waals surface area contributed by atoms with Crippen LogP contribution in [0.4, 0.5) is 11.9 Å². The van der Waals surface area contributed by atoms with Gasteiger partial charge in [0, 0.05) is 23.1 Å². The SMILES string of the molecule is O=C(c1cccs1)n1nc(NCc2ccccc2Cl)nc1NCc1ccccc1Cl. The molecule has 9 heteroatoms.